The minimum absolute atomic E-state index is 0. The van der Waals surface area contributed by atoms with Gasteiger partial charge in [-0.3, -0.25) is 9.67 Å². The highest BCUT2D eigenvalue weighted by atomic mass is 127. The van der Waals surface area contributed by atoms with Crippen LogP contribution < -0.4 is 15.5 Å². The highest BCUT2D eigenvalue weighted by molar-refractivity contribution is 14.0. The van der Waals surface area contributed by atoms with E-state index in [4.69, 9.17) is 0 Å². The molecule has 7 heteroatoms. The molecule has 1 aromatic carbocycles. The second-order valence-corrected chi connectivity index (χ2v) is 7.90. The Kier molecular flexibility index (Phi) is 8.36. The molecule has 0 saturated carbocycles. The fourth-order valence-corrected chi connectivity index (χ4v) is 4.16. The van der Waals surface area contributed by atoms with Crippen LogP contribution in [0.3, 0.4) is 0 Å². The molecule has 1 aliphatic rings. The summed E-state index contributed by atoms with van der Waals surface area (Å²) >= 11 is 0. The largest absolute Gasteiger partial charge is 0.367 e. The number of hydrogen-bond donors (Lipinski definition) is 2. The summed E-state index contributed by atoms with van der Waals surface area (Å²) in [7, 11) is 3.83. The summed E-state index contributed by atoms with van der Waals surface area (Å²) in [6.07, 6.45) is 2.06. The van der Waals surface area contributed by atoms with E-state index in [-0.39, 0.29) is 30.0 Å². The van der Waals surface area contributed by atoms with Gasteiger partial charge in [0.05, 0.1) is 5.69 Å². The van der Waals surface area contributed by atoms with Crippen molar-refractivity contribution >= 4 is 35.6 Å². The molecule has 0 saturated heterocycles. The molecule has 6 nitrogen and oxygen atoms in total. The highest BCUT2D eigenvalue weighted by Gasteiger charge is 2.24. The van der Waals surface area contributed by atoms with Crippen molar-refractivity contribution in [2.24, 2.45) is 12.0 Å². The molecule has 2 unspecified atom stereocenters. The molecule has 0 radical (unpaired) electrons. The third-order valence-corrected chi connectivity index (χ3v) is 5.77. The average Bonchev–Trinajstić information content (AvgIpc) is 3.11. The van der Waals surface area contributed by atoms with E-state index in [9.17, 15) is 0 Å². The molecular formula is C22H35IN6. The molecule has 1 aromatic heterocycles. The monoisotopic (exact) mass is 510 g/mol. The van der Waals surface area contributed by atoms with E-state index in [1.165, 1.54) is 22.5 Å². The van der Waals surface area contributed by atoms with Gasteiger partial charge in [0.15, 0.2) is 5.96 Å². The standard InChI is InChI=1S/C22H34N6.HI/c1-15(13-20-17(3)26-27(6)18(20)4)25-22(23-5)24-11-12-28-16(2)14-19-9-7-8-10-21(19)28;/h7-10,15-16H,11-14H2,1-6H3,(H2,23,24,25);1H. The molecule has 160 valence electrons. The first kappa shape index (κ1) is 23.5. The van der Waals surface area contributed by atoms with Crippen molar-refractivity contribution < 1.29 is 0 Å². The number of aliphatic imine (C=N–C) groups is 1. The van der Waals surface area contributed by atoms with Crippen molar-refractivity contribution in [2.45, 2.75) is 52.6 Å². The maximum atomic E-state index is 4.52. The first-order valence-electron chi connectivity index (χ1n) is 10.2. The predicted molar refractivity (Wildman–Crippen MR) is 133 cm³/mol. The number of guanidine groups is 1. The predicted octanol–water partition coefficient (Wildman–Crippen LogP) is 3.20. The van der Waals surface area contributed by atoms with Gasteiger partial charge < -0.3 is 15.5 Å². The molecule has 0 spiro atoms. The summed E-state index contributed by atoms with van der Waals surface area (Å²) < 4.78 is 1.96. The van der Waals surface area contributed by atoms with Crippen molar-refractivity contribution in [3.8, 4) is 0 Å². The molecule has 2 aromatic rings. The van der Waals surface area contributed by atoms with Crippen LogP contribution in [0.5, 0.6) is 0 Å². The van der Waals surface area contributed by atoms with Gasteiger partial charge in [0.2, 0.25) is 0 Å². The maximum absolute atomic E-state index is 4.52. The highest BCUT2D eigenvalue weighted by Crippen LogP contribution is 2.31. The second-order valence-electron chi connectivity index (χ2n) is 7.90. The third kappa shape index (κ3) is 5.43. The van der Waals surface area contributed by atoms with Crippen LogP contribution in [-0.2, 0) is 19.9 Å². The van der Waals surface area contributed by atoms with Crippen LogP contribution in [0.2, 0.25) is 0 Å². The minimum atomic E-state index is 0. The van der Waals surface area contributed by atoms with E-state index in [1.54, 1.807) is 0 Å². The van der Waals surface area contributed by atoms with E-state index in [0.29, 0.717) is 6.04 Å². The van der Waals surface area contributed by atoms with Gasteiger partial charge in [0.1, 0.15) is 0 Å². The Morgan fingerprint density at radius 2 is 2.03 bits per heavy atom. The number of anilines is 1. The molecular weight excluding hydrogens is 475 g/mol. The van der Waals surface area contributed by atoms with Crippen molar-refractivity contribution in [1.82, 2.24) is 20.4 Å². The smallest absolute Gasteiger partial charge is 0.191 e. The number of hydrogen-bond acceptors (Lipinski definition) is 3. The summed E-state index contributed by atoms with van der Waals surface area (Å²) in [6.45, 7) is 10.5. The lowest BCUT2D eigenvalue weighted by atomic mass is 10.1. The number of halogens is 1. The van der Waals surface area contributed by atoms with E-state index in [2.05, 4.69) is 77.6 Å². The van der Waals surface area contributed by atoms with Gasteiger partial charge in [-0.05, 0) is 57.7 Å². The number of fused-ring (bicyclic) bond motifs is 1. The molecule has 0 aliphatic carbocycles. The van der Waals surface area contributed by atoms with Crippen LogP contribution in [0.4, 0.5) is 5.69 Å². The lowest BCUT2D eigenvalue weighted by Gasteiger charge is -2.26. The van der Waals surface area contributed by atoms with Gasteiger partial charge in [-0.25, -0.2) is 0 Å². The maximum Gasteiger partial charge on any atom is 0.191 e. The SMILES string of the molecule is CN=C(NCCN1c2ccccc2CC1C)NC(C)Cc1c(C)nn(C)c1C.I. The van der Waals surface area contributed by atoms with Gasteiger partial charge >= 0.3 is 0 Å². The Bertz CT molecular complexity index is 844. The second kappa shape index (κ2) is 10.3. The Balaban J connectivity index is 0.00000300. The van der Waals surface area contributed by atoms with Gasteiger partial charge in [-0.2, -0.15) is 5.10 Å². The van der Waals surface area contributed by atoms with Gasteiger partial charge in [-0.1, -0.05) is 18.2 Å². The zero-order valence-electron chi connectivity index (χ0n) is 18.5. The number of nitrogens with zero attached hydrogens (tertiary/aromatic N) is 4. The van der Waals surface area contributed by atoms with Crippen LogP contribution in [0.25, 0.3) is 0 Å². The quantitative estimate of drug-likeness (QED) is 0.356. The number of aromatic nitrogens is 2. The zero-order valence-corrected chi connectivity index (χ0v) is 20.8. The fourth-order valence-electron chi connectivity index (χ4n) is 4.16. The minimum Gasteiger partial charge on any atom is -0.367 e. The van der Waals surface area contributed by atoms with Crippen LogP contribution in [0.1, 0.15) is 36.4 Å². The molecule has 29 heavy (non-hydrogen) atoms. The Hall–Kier alpha value is -1.77. The summed E-state index contributed by atoms with van der Waals surface area (Å²) in [5, 5.41) is 11.5. The molecule has 1 aliphatic heterocycles. The first-order valence-corrected chi connectivity index (χ1v) is 10.2. The summed E-state index contributed by atoms with van der Waals surface area (Å²) in [5.41, 5.74) is 6.48. The molecule has 2 N–H and O–H groups in total. The molecule has 0 fully saturated rings. The van der Waals surface area contributed by atoms with E-state index in [0.717, 1.165) is 37.6 Å². The van der Waals surface area contributed by atoms with Crippen LogP contribution in [0.15, 0.2) is 29.3 Å². The Morgan fingerprint density at radius 1 is 1.31 bits per heavy atom. The van der Waals surface area contributed by atoms with Gasteiger partial charge in [0, 0.05) is 50.6 Å². The van der Waals surface area contributed by atoms with Crippen molar-refractivity contribution in [1.29, 1.82) is 0 Å². The topological polar surface area (TPSA) is 57.5 Å². The molecule has 0 amide bonds. The summed E-state index contributed by atoms with van der Waals surface area (Å²) in [5.74, 6) is 0.854. The molecule has 2 heterocycles. The first-order chi connectivity index (χ1) is 13.4. The zero-order chi connectivity index (χ0) is 20.3. The van der Waals surface area contributed by atoms with Gasteiger partial charge in [-0.15, -0.1) is 24.0 Å². The van der Waals surface area contributed by atoms with Crippen LogP contribution >= 0.6 is 24.0 Å². The lowest BCUT2D eigenvalue weighted by molar-refractivity contribution is 0.623. The molecule has 2 atom stereocenters. The summed E-state index contributed by atoms with van der Waals surface area (Å²) in [4.78, 5) is 6.89. The van der Waals surface area contributed by atoms with E-state index >= 15 is 0 Å². The van der Waals surface area contributed by atoms with E-state index in [1.807, 2.05) is 18.8 Å². The average molecular weight is 510 g/mol. The molecule has 3 rings (SSSR count). The van der Waals surface area contributed by atoms with E-state index < -0.39 is 0 Å². The van der Waals surface area contributed by atoms with Crippen LogP contribution in [-0.4, -0.2) is 48.0 Å². The van der Waals surface area contributed by atoms with Crippen LogP contribution in [0, 0.1) is 13.8 Å². The van der Waals surface area contributed by atoms with Crippen molar-refractivity contribution in [3.63, 3.8) is 0 Å². The fraction of sp³-hybridized carbons (Fsp3) is 0.545. The van der Waals surface area contributed by atoms with Gasteiger partial charge in [0.25, 0.3) is 0 Å². The Labute approximate surface area is 192 Å². The number of rotatable bonds is 6. The van der Waals surface area contributed by atoms with Crippen molar-refractivity contribution in [2.75, 3.05) is 25.0 Å². The number of aryl methyl sites for hydroxylation is 2. The van der Waals surface area contributed by atoms with Crippen molar-refractivity contribution in [3.05, 3.63) is 46.8 Å². The normalized spacial score (nSPS) is 17.0. The number of benzene rings is 1. The molecule has 0 bridgehead atoms. The number of para-hydroxylation sites is 1. The summed E-state index contributed by atoms with van der Waals surface area (Å²) in [6, 6.07) is 9.55. The Morgan fingerprint density at radius 3 is 2.69 bits per heavy atom. The third-order valence-electron chi connectivity index (χ3n) is 5.77. The number of nitrogens with one attached hydrogen (secondary N) is 2. The lowest BCUT2D eigenvalue weighted by Crippen LogP contribution is -2.46.